The van der Waals surface area contributed by atoms with Crippen molar-refractivity contribution in [2.24, 2.45) is 4.99 Å². The van der Waals surface area contributed by atoms with E-state index in [1.54, 1.807) is 7.11 Å². The fourth-order valence-electron chi connectivity index (χ4n) is 4.17. The van der Waals surface area contributed by atoms with Crippen LogP contribution in [0.4, 0.5) is 0 Å². The Morgan fingerprint density at radius 1 is 1.19 bits per heavy atom. The van der Waals surface area contributed by atoms with Crippen LogP contribution in [0, 0.1) is 0 Å². The molecule has 1 aliphatic rings. The minimum absolute atomic E-state index is 0.273. The van der Waals surface area contributed by atoms with Crippen LogP contribution in [0.1, 0.15) is 62.2 Å². The number of nitrogens with one attached hydrogen (secondary N) is 2. The molecule has 1 fully saturated rings. The van der Waals surface area contributed by atoms with Gasteiger partial charge >= 0.3 is 0 Å². The van der Waals surface area contributed by atoms with Crippen LogP contribution in [-0.4, -0.2) is 49.3 Å². The zero-order valence-corrected chi connectivity index (χ0v) is 19.4. The SMILES string of the molecule is CCNC(=NCc1c(CC)noc1CC)NCC(c1cccc(OC)c1)N1CCCC1. The Labute approximate surface area is 186 Å². The molecule has 0 radical (unpaired) electrons. The minimum Gasteiger partial charge on any atom is -0.497 e. The van der Waals surface area contributed by atoms with Crippen LogP contribution in [0.15, 0.2) is 33.8 Å². The van der Waals surface area contributed by atoms with Gasteiger partial charge in [-0.2, -0.15) is 0 Å². The number of hydrogen-bond donors (Lipinski definition) is 2. The van der Waals surface area contributed by atoms with Crippen LogP contribution in [0.3, 0.4) is 0 Å². The Balaban J connectivity index is 1.75. The lowest BCUT2D eigenvalue weighted by molar-refractivity contribution is 0.245. The predicted octanol–water partition coefficient (Wildman–Crippen LogP) is 3.70. The van der Waals surface area contributed by atoms with Gasteiger partial charge in [0, 0.05) is 25.1 Å². The summed E-state index contributed by atoms with van der Waals surface area (Å²) in [6, 6.07) is 8.68. The van der Waals surface area contributed by atoms with Crippen LogP contribution in [-0.2, 0) is 19.4 Å². The van der Waals surface area contributed by atoms with Gasteiger partial charge in [0.1, 0.15) is 11.5 Å². The van der Waals surface area contributed by atoms with Gasteiger partial charge in [0.05, 0.1) is 25.4 Å². The molecule has 170 valence electrons. The van der Waals surface area contributed by atoms with E-state index in [1.807, 2.05) is 6.07 Å². The van der Waals surface area contributed by atoms with E-state index in [4.69, 9.17) is 14.3 Å². The average Bonchev–Trinajstić information content (AvgIpc) is 3.47. The number of rotatable bonds is 10. The summed E-state index contributed by atoms with van der Waals surface area (Å²) in [4.78, 5) is 7.40. The first-order valence-corrected chi connectivity index (χ1v) is 11.6. The van der Waals surface area contributed by atoms with Gasteiger partial charge in [-0.3, -0.25) is 4.90 Å². The highest BCUT2D eigenvalue weighted by Gasteiger charge is 2.24. The Kier molecular flexibility index (Phi) is 8.76. The summed E-state index contributed by atoms with van der Waals surface area (Å²) in [6.45, 7) is 10.7. The molecule has 7 nitrogen and oxygen atoms in total. The van der Waals surface area contributed by atoms with Gasteiger partial charge in [0.25, 0.3) is 0 Å². The topological polar surface area (TPSA) is 74.9 Å². The second-order valence-corrected chi connectivity index (χ2v) is 7.85. The smallest absolute Gasteiger partial charge is 0.191 e. The summed E-state index contributed by atoms with van der Waals surface area (Å²) in [6.07, 6.45) is 4.18. The van der Waals surface area contributed by atoms with Gasteiger partial charge < -0.3 is 19.9 Å². The largest absolute Gasteiger partial charge is 0.497 e. The average molecular weight is 428 g/mol. The van der Waals surface area contributed by atoms with E-state index in [1.165, 1.54) is 18.4 Å². The van der Waals surface area contributed by atoms with Gasteiger partial charge in [-0.15, -0.1) is 0 Å². The highest BCUT2D eigenvalue weighted by Crippen LogP contribution is 2.27. The van der Waals surface area contributed by atoms with Gasteiger partial charge in [0.2, 0.25) is 0 Å². The van der Waals surface area contributed by atoms with Crippen molar-refractivity contribution >= 4 is 5.96 Å². The molecule has 31 heavy (non-hydrogen) atoms. The molecule has 0 aliphatic carbocycles. The first kappa shape index (κ1) is 23.1. The van der Waals surface area contributed by atoms with Crippen molar-refractivity contribution in [1.29, 1.82) is 0 Å². The number of methoxy groups -OCH3 is 1. The quantitative estimate of drug-likeness (QED) is 0.445. The number of nitrogens with zero attached hydrogens (tertiary/aromatic N) is 3. The monoisotopic (exact) mass is 427 g/mol. The number of likely N-dealkylation sites (tertiary alicyclic amines) is 1. The number of hydrogen-bond acceptors (Lipinski definition) is 5. The molecule has 0 spiro atoms. The van der Waals surface area contributed by atoms with E-state index < -0.39 is 0 Å². The lowest BCUT2D eigenvalue weighted by Crippen LogP contribution is -2.42. The summed E-state index contributed by atoms with van der Waals surface area (Å²) in [5.41, 5.74) is 3.39. The van der Waals surface area contributed by atoms with Crippen LogP contribution in [0.2, 0.25) is 0 Å². The zero-order valence-electron chi connectivity index (χ0n) is 19.4. The van der Waals surface area contributed by atoms with Crippen molar-refractivity contribution in [3.05, 3.63) is 46.8 Å². The fourth-order valence-corrected chi connectivity index (χ4v) is 4.17. The lowest BCUT2D eigenvalue weighted by atomic mass is 10.1. The van der Waals surface area contributed by atoms with Crippen molar-refractivity contribution in [2.75, 3.05) is 33.3 Å². The number of aliphatic imine (C=N–C) groups is 1. The number of benzene rings is 1. The highest BCUT2D eigenvalue weighted by molar-refractivity contribution is 5.79. The van der Waals surface area contributed by atoms with Gasteiger partial charge in [0.15, 0.2) is 5.96 Å². The number of aromatic nitrogens is 1. The zero-order chi connectivity index (χ0) is 22.1. The summed E-state index contributed by atoms with van der Waals surface area (Å²) in [7, 11) is 1.72. The minimum atomic E-state index is 0.273. The van der Waals surface area contributed by atoms with Gasteiger partial charge in [-0.25, -0.2) is 4.99 Å². The third kappa shape index (κ3) is 6.00. The molecule has 1 atom stereocenters. The van der Waals surface area contributed by atoms with Gasteiger partial charge in [-0.05, 0) is 57.0 Å². The van der Waals surface area contributed by atoms with Crippen LogP contribution < -0.4 is 15.4 Å². The van der Waals surface area contributed by atoms with Crippen LogP contribution in [0.5, 0.6) is 5.75 Å². The third-order valence-corrected chi connectivity index (χ3v) is 5.87. The fraction of sp³-hybridized carbons (Fsp3) is 0.583. The molecule has 1 unspecified atom stereocenters. The van der Waals surface area contributed by atoms with E-state index in [0.717, 1.165) is 67.7 Å². The molecule has 2 heterocycles. The molecule has 1 aliphatic heterocycles. The Hall–Kier alpha value is -2.54. The first-order chi connectivity index (χ1) is 15.2. The summed E-state index contributed by atoms with van der Waals surface area (Å²) < 4.78 is 11.0. The number of guanidine groups is 1. The predicted molar refractivity (Wildman–Crippen MR) is 125 cm³/mol. The van der Waals surface area contributed by atoms with E-state index in [2.05, 4.69) is 59.7 Å². The Morgan fingerprint density at radius 2 is 2.00 bits per heavy atom. The van der Waals surface area contributed by atoms with Crippen molar-refractivity contribution in [2.45, 2.75) is 59.0 Å². The van der Waals surface area contributed by atoms with Crippen molar-refractivity contribution in [3.63, 3.8) is 0 Å². The molecule has 0 amide bonds. The molecule has 0 bridgehead atoms. The molecule has 1 saturated heterocycles. The molecule has 7 heteroatoms. The molecule has 2 N–H and O–H groups in total. The maximum atomic E-state index is 5.49. The van der Waals surface area contributed by atoms with Crippen molar-refractivity contribution < 1.29 is 9.26 Å². The molecular weight excluding hydrogens is 390 g/mol. The molecule has 0 saturated carbocycles. The molecule has 3 rings (SSSR count). The molecule has 1 aromatic heterocycles. The summed E-state index contributed by atoms with van der Waals surface area (Å²) in [5.74, 6) is 2.65. The first-order valence-electron chi connectivity index (χ1n) is 11.6. The van der Waals surface area contributed by atoms with Crippen molar-refractivity contribution in [1.82, 2.24) is 20.7 Å². The maximum absolute atomic E-state index is 5.49. The Morgan fingerprint density at radius 3 is 2.68 bits per heavy atom. The van der Waals surface area contributed by atoms with E-state index in [-0.39, 0.29) is 6.04 Å². The van der Waals surface area contributed by atoms with Gasteiger partial charge in [-0.1, -0.05) is 31.1 Å². The van der Waals surface area contributed by atoms with E-state index >= 15 is 0 Å². The highest BCUT2D eigenvalue weighted by atomic mass is 16.5. The molecule has 2 aromatic rings. The molecular formula is C24H37N5O2. The maximum Gasteiger partial charge on any atom is 0.191 e. The third-order valence-electron chi connectivity index (χ3n) is 5.87. The van der Waals surface area contributed by atoms with Crippen molar-refractivity contribution in [3.8, 4) is 5.75 Å². The Bertz CT molecular complexity index is 821. The standard InChI is InChI=1S/C24H37N5O2/c1-5-21-20(23(6-2)31-28-21)16-26-24(25-7-3)27-17-22(29-13-8-9-14-29)18-11-10-12-19(15-18)30-4/h10-12,15,22H,5-9,13-14,16-17H2,1-4H3,(H2,25,26,27). The second-order valence-electron chi connectivity index (χ2n) is 7.85. The lowest BCUT2D eigenvalue weighted by Gasteiger charge is -2.29. The van der Waals surface area contributed by atoms with E-state index in [9.17, 15) is 0 Å². The number of ether oxygens (including phenoxy) is 1. The summed E-state index contributed by atoms with van der Waals surface area (Å²) in [5, 5.41) is 11.2. The normalized spacial score (nSPS) is 15.8. The second kappa shape index (κ2) is 11.7. The van der Waals surface area contributed by atoms with Crippen LogP contribution >= 0.6 is 0 Å². The molecule has 1 aromatic carbocycles. The summed E-state index contributed by atoms with van der Waals surface area (Å²) >= 11 is 0. The van der Waals surface area contributed by atoms with E-state index in [0.29, 0.717) is 6.54 Å². The number of aryl methyl sites for hydroxylation is 2. The van der Waals surface area contributed by atoms with Crippen LogP contribution in [0.25, 0.3) is 0 Å².